The summed E-state index contributed by atoms with van der Waals surface area (Å²) in [5, 5.41) is 0. The van der Waals surface area contributed by atoms with E-state index in [0.717, 1.165) is 24.7 Å². The highest BCUT2D eigenvalue weighted by Crippen LogP contribution is 2.28. The van der Waals surface area contributed by atoms with E-state index >= 15 is 0 Å². The normalized spacial score (nSPS) is 20.6. The summed E-state index contributed by atoms with van der Waals surface area (Å²) in [5.41, 5.74) is 1.04. The van der Waals surface area contributed by atoms with Crippen molar-refractivity contribution in [2.24, 2.45) is 5.92 Å². The molecule has 6 heteroatoms. The highest BCUT2D eigenvalue weighted by molar-refractivity contribution is 5.91. The van der Waals surface area contributed by atoms with Crippen LogP contribution in [0.4, 0.5) is 0 Å². The van der Waals surface area contributed by atoms with Gasteiger partial charge in [-0.05, 0) is 61.9 Å². The van der Waals surface area contributed by atoms with Crippen LogP contribution in [-0.4, -0.2) is 53.5 Å². The number of carbonyl (C=O) groups is 1. The van der Waals surface area contributed by atoms with Crippen LogP contribution in [0.25, 0.3) is 0 Å². The molecule has 0 bridgehead atoms. The summed E-state index contributed by atoms with van der Waals surface area (Å²) in [7, 11) is 1.62. The van der Waals surface area contributed by atoms with E-state index in [2.05, 4.69) is 9.88 Å². The SMILES string of the molecule is COCc1ccc(C(=O)N(Cc2cccnc2)C[C@@H]2CCCN(C3CCCCC3)C2)o1. The maximum Gasteiger partial charge on any atom is 0.289 e. The van der Waals surface area contributed by atoms with E-state index in [1.165, 1.54) is 51.5 Å². The van der Waals surface area contributed by atoms with Gasteiger partial charge in [0.2, 0.25) is 0 Å². The first-order valence-corrected chi connectivity index (χ1v) is 11.7. The second-order valence-electron chi connectivity index (χ2n) is 9.04. The number of ether oxygens (including phenoxy) is 1. The summed E-state index contributed by atoms with van der Waals surface area (Å²) in [4.78, 5) is 22.3. The molecule has 2 aromatic rings. The van der Waals surface area contributed by atoms with E-state index in [1.54, 1.807) is 19.4 Å². The highest BCUT2D eigenvalue weighted by atomic mass is 16.5. The predicted octanol–water partition coefficient (Wildman–Crippen LogP) is 4.51. The van der Waals surface area contributed by atoms with Crippen molar-refractivity contribution >= 4 is 5.91 Å². The Morgan fingerprint density at radius 2 is 2.06 bits per heavy atom. The molecule has 3 heterocycles. The van der Waals surface area contributed by atoms with E-state index in [-0.39, 0.29) is 5.91 Å². The zero-order valence-electron chi connectivity index (χ0n) is 18.7. The molecule has 0 unspecified atom stereocenters. The third-order valence-corrected chi connectivity index (χ3v) is 6.66. The number of pyridine rings is 1. The maximum absolute atomic E-state index is 13.4. The van der Waals surface area contributed by atoms with Gasteiger partial charge in [-0.25, -0.2) is 0 Å². The van der Waals surface area contributed by atoms with Crippen LogP contribution < -0.4 is 0 Å². The fraction of sp³-hybridized carbons (Fsp3) is 0.600. The third kappa shape index (κ3) is 5.95. The zero-order valence-corrected chi connectivity index (χ0v) is 18.7. The Morgan fingerprint density at radius 1 is 1.19 bits per heavy atom. The van der Waals surface area contributed by atoms with Crippen molar-refractivity contribution < 1.29 is 13.9 Å². The Bertz CT molecular complexity index is 816. The number of hydrogen-bond donors (Lipinski definition) is 0. The Kier molecular flexibility index (Phi) is 7.76. The maximum atomic E-state index is 13.4. The average Bonchev–Trinajstić information content (AvgIpc) is 3.28. The Labute approximate surface area is 185 Å². The molecule has 0 spiro atoms. The van der Waals surface area contributed by atoms with Crippen molar-refractivity contribution in [2.75, 3.05) is 26.7 Å². The topological polar surface area (TPSA) is 58.8 Å². The second-order valence-corrected chi connectivity index (χ2v) is 9.04. The molecule has 2 fully saturated rings. The summed E-state index contributed by atoms with van der Waals surface area (Å²) < 4.78 is 10.9. The van der Waals surface area contributed by atoms with Gasteiger partial charge >= 0.3 is 0 Å². The van der Waals surface area contributed by atoms with Crippen LogP contribution in [0.3, 0.4) is 0 Å². The first-order chi connectivity index (χ1) is 15.2. The molecule has 1 amide bonds. The van der Waals surface area contributed by atoms with Crippen LogP contribution in [0.15, 0.2) is 41.1 Å². The van der Waals surface area contributed by atoms with Gasteiger partial charge in [0.15, 0.2) is 5.76 Å². The van der Waals surface area contributed by atoms with Gasteiger partial charge in [-0.15, -0.1) is 0 Å². The van der Waals surface area contributed by atoms with Crippen LogP contribution in [0.2, 0.25) is 0 Å². The van der Waals surface area contributed by atoms with Crippen molar-refractivity contribution in [3.05, 3.63) is 53.7 Å². The molecule has 168 valence electrons. The van der Waals surface area contributed by atoms with Crippen molar-refractivity contribution in [2.45, 2.75) is 64.1 Å². The van der Waals surface area contributed by atoms with Gasteiger partial charge in [0, 0.05) is 45.2 Å². The Hall–Kier alpha value is -2.18. The average molecular weight is 426 g/mol. The number of furan rings is 1. The van der Waals surface area contributed by atoms with E-state index in [0.29, 0.717) is 30.6 Å². The third-order valence-electron chi connectivity index (χ3n) is 6.66. The molecule has 0 N–H and O–H groups in total. The fourth-order valence-electron chi connectivity index (χ4n) is 5.14. The lowest BCUT2D eigenvalue weighted by molar-refractivity contribution is 0.0554. The number of hydrogen-bond acceptors (Lipinski definition) is 5. The largest absolute Gasteiger partial charge is 0.453 e. The van der Waals surface area contributed by atoms with Crippen LogP contribution in [0.1, 0.15) is 66.8 Å². The molecule has 1 atom stereocenters. The van der Waals surface area contributed by atoms with Gasteiger partial charge < -0.3 is 19.0 Å². The fourth-order valence-corrected chi connectivity index (χ4v) is 5.14. The number of rotatable bonds is 8. The van der Waals surface area contributed by atoms with Crippen LogP contribution in [0.5, 0.6) is 0 Å². The molecule has 1 aliphatic heterocycles. The number of aromatic nitrogens is 1. The van der Waals surface area contributed by atoms with Gasteiger partial charge in [-0.2, -0.15) is 0 Å². The Morgan fingerprint density at radius 3 is 2.84 bits per heavy atom. The molecular formula is C25H35N3O3. The minimum atomic E-state index is -0.0546. The molecule has 0 radical (unpaired) electrons. The number of likely N-dealkylation sites (tertiary alicyclic amines) is 1. The molecule has 6 nitrogen and oxygen atoms in total. The van der Waals surface area contributed by atoms with Gasteiger partial charge in [-0.3, -0.25) is 9.78 Å². The summed E-state index contributed by atoms with van der Waals surface area (Å²) in [6.07, 6.45) is 12.8. The number of piperidine rings is 1. The number of nitrogens with zero attached hydrogens (tertiary/aromatic N) is 3. The standard InChI is InChI=1S/C25H35N3O3/c1-30-19-23-11-12-24(31-23)25(29)28(16-20-7-5-13-26-15-20)18-21-8-6-14-27(17-21)22-9-3-2-4-10-22/h5,7,11-13,15,21-22H,2-4,6,8-10,14,16-19H2,1H3/t21-/m1/s1. The summed E-state index contributed by atoms with van der Waals surface area (Å²) in [6.45, 7) is 3.96. The minimum absolute atomic E-state index is 0.0546. The van der Waals surface area contributed by atoms with Crippen molar-refractivity contribution in [1.29, 1.82) is 0 Å². The number of methoxy groups -OCH3 is 1. The predicted molar refractivity (Wildman–Crippen MR) is 120 cm³/mol. The van der Waals surface area contributed by atoms with Crippen LogP contribution in [-0.2, 0) is 17.9 Å². The summed E-state index contributed by atoms with van der Waals surface area (Å²) in [6, 6.07) is 8.28. The molecule has 1 saturated carbocycles. The summed E-state index contributed by atoms with van der Waals surface area (Å²) >= 11 is 0. The van der Waals surface area contributed by atoms with E-state index in [4.69, 9.17) is 9.15 Å². The Balaban J connectivity index is 1.46. The highest BCUT2D eigenvalue weighted by Gasteiger charge is 2.30. The first-order valence-electron chi connectivity index (χ1n) is 11.7. The van der Waals surface area contributed by atoms with E-state index in [9.17, 15) is 4.79 Å². The smallest absolute Gasteiger partial charge is 0.289 e. The van der Waals surface area contributed by atoms with Crippen molar-refractivity contribution in [1.82, 2.24) is 14.8 Å². The quantitative estimate of drug-likeness (QED) is 0.623. The van der Waals surface area contributed by atoms with Gasteiger partial charge in [-0.1, -0.05) is 25.3 Å². The minimum Gasteiger partial charge on any atom is -0.453 e. The molecule has 1 saturated heterocycles. The lowest BCUT2D eigenvalue weighted by Gasteiger charge is -2.41. The lowest BCUT2D eigenvalue weighted by atomic mass is 9.90. The number of amides is 1. The molecule has 0 aromatic carbocycles. The van der Waals surface area contributed by atoms with Gasteiger partial charge in [0.25, 0.3) is 5.91 Å². The van der Waals surface area contributed by atoms with Gasteiger partial charge in [0.1, 0.15) is 12.4 Å². The van der Waals surface area contributed by atoms with Crippen LogP contribution >= 0.6 is 0 Å². The second kappa shape index (κ2) is 10.9. The van der Waals surface area contributed by atoms with E-state index < -0.39 is 0 Å². The lowest BCUT2D eigenvalue weighted by Crippen LogP contribution is -2.47. The van der Waals surface area contributed by atoms with E-state index in [1.807, 2.05) is 29.3 Å². The first kappa shape index (κ1) is 22.0. The zero-order chi connectivity index (χ0) is 21.5. The molecule has 2 aromatic heterocycles. The molecule has 31 heavy (non-hydrogen) atoms. The van der Waals surface area contributed by atoms with Crippen molar-refractivity contribution in [3.63, 3.8) is 0 Å². The van der Waals surface area contributed by atoms with Crippen molar-refractivity contribution in [3.8, 4) is 0 Å². The molecule has 2 aliphatic rings. The van der Waals surface area contributed by atoms with Gasteiger partial charge in [0.05, 0.1) is 0 Å². The molecule has 4 rings (SSSR count). The number of carbonyl (C=O) groups excluding carboxylic acids is 1. The molecular weight excluding hydrogens is 390 g/mol. The molecule has 1 aliphatic carbocycles. The summed E-state index contributed by atoms with van der Waals surface area (Å²) in [5.74, 6) is 1.50. The van der Waals surface area contributed by atoms with Crippen LogP contribution in [0, 0.1) is 5.92 Å². The monoisotopic (exact) mass is 425 g/mol.